The van der Waals surface area contributed by atoms with Gasteiger partial charge in [-0.05, 0) is 50.3 Å². The smallest absolute Gasteiger partial charge is 0.273 e. The van der Waals surface area contributed by atoms with Crippen LogP contribution in [0, 0.1) is 5.92 Å². The quantitative estimate of drug-likeness (QED) is 0.324. The fraction of sp³-hybridized carbons (Fsp3) is 0.529. The molecule has 0 bridgehead atoms. The summed E-state index contributed by atoms with van der Waals surface area (Å²) in [6.07, 6.45) is 9.01. The summed E-state index contributed by atoms with van der Waals surface area (Å²) in [6, 6.07) is 3.57. The second-order valence-corrected chi connectivity index (χ2v) is 9.79. The highest BCUT2D eigenvalue weighted by Gasteiger charge is 2.43. The van der Waals surface area contributed by atoms with Crippen LogP contribution >= 0.6 is 0 Å². The summed E-state index contributed by atoms with van der Waals surface area (Å²) in [7, 11) is 0. The van der Waals surface area contributed by atoms with Gasteiger partial charge in [-0.2, -0.15) is 0 Å². The van der Waals surface area contributed by atoms with Gasteiger partial charge >= 0.3 is 0 Å². The molecule has 2 amide bonds. The third kappa shape index (κ3) is 9.91. The standard InChI is InChI=1S/C27H31FN4O2.C3H8.2C2H6/c1-5-8-16(3)11-17(4)19(6-2)20-12-18-15-29-24(31-26(33)21-13-22(21)28)14-23(18)30-25(20)27(34)32-9-7-10-32;1-3-2;2*1-2/h6,11-12,14-15,21-22H,3,5,7-10,13H2,1-2,4H3,(H,29,31,33);3H2,1-2H3;2*1-2H3/b17-11-,19-6+;;;. The molecule has 1 saturated carbocycles. The molecule has 1 N–H and O–H groups in total. The van der Waals surface area contributed by atoms with Crippen LogP contribution in [0.25, 0.3) is 16.5 Å². The van der Waals surface area contributed by atoms with E-state index in [0.717, 1.165) is 46.9 Å². The first-order valence-corrected chi connectivity index (χ1v) is 15.3. The number of rotatable bonds is 8. The third-order valence-corrected chi connectivity index (χ3v) is 6.34. The second kappa shape index (κ2) is 18.2. The number of fused-ring (bicyclic) bond motifs is 1. The van der Waals surface area contributed by atoms with Crippen LogP contribution in [-0.2, 0) is 4.79 Å². The van der Waals surface area contributed by atoms with Crippen LogP contribution < -0.4 is 5.32 Å². The van der Waals surface area contributed by atoms with Crippen molar-refractivity contribution < 1.29 is 14.0 Å². The molecule has 7 heteroatoms. The fourth-order valence-electron chi connectivity index (χ4n) is 4.20. The van der Waals surface area contributed by atoms with E-state index in [1.807, 2.05) is 53.7 Å². The number of allylic oxidation sites excluding steroid dienone is 5. The van der Waals surface area contributed by atoms with Gasteiger partial charge < -0.3 is 10.2 Å². The molecular formula is C34H51FN4O2. The molecule has 41 heavy (non-hydrogen) atoms. The lowest BCUT2D eigenvalue weighted by Crippen LogP contribution is -2.42. The highest BCUT2D eigenvalue weighted by atomic mass is 19.1. The largest absolute Gasteiger partial charge is 0.337 e. The maximum Gasteiger partial charge on any atom is 0.273 e. The van der Waals surface area contributed by atoms with Crippen LogP contribution in [0.4, 0.5) is 10.2 Å². The Balaban J connectivity index is 0.00000110. The van der Waals surface area contributed by atoms with E-state index < -0.39 is 12.1 Å². The Morgan fingerprint density at radius 2 is 1.76 bits per heavy atom. The van der Waals surface area contributed by atoms with Crippen LogP contribution in [0.3, 0.4) is 0 Å². The van der Waals surface area contributed by atoms with Gasteiger partial charge in [0.2, 0.25) is 5.91 Å². The summed E-state index contributed by atoms with van der Waals surface area (Å²) in [5.74, 6) is -0.788. The van der Waals surface area contributed by atoms with Crippen molar-refractivity contribution in [3.05, 3.63) is 59.5 Å². The molecule has 6 nitrogen and oxygen atoms in total. The average molecular weight is 567 g/mol. The van der Waals surface area contributed by atoms with Crippen LogP contribution in [0.5, 0.6) is 0 Å². The van der Waals surface area contributed by atoms with Gasteiger partial charge in [-0.25, -0.2) is 14.4 Å². The van der Waals surface area contributed by atoms with E-state index in [2.05, 4.69) is 43.7 Å². The number of alkyl halides is 1. The second-order valence-electron chi connectivity index (χ2n) is 9.79. The van der Waals surface area contributed by atoms with Crippen molar-refractivity contribution in [3.8, 4) is 0 Å². The number of carbonyl (C=O) groups excluding carboxylic acids is 2. The number of nitrogens with zero attached hydrogens (tertiary/aromatic N) is 3. The van der Waals surface area contributed by atoms with Gasteiger partial charge in [-0.3, -0.25) is 9.59 Å². The van der Waals surface area contributed by atoms with Gasteiger partial charge in [-0.15, -0.1) is 0 Å². The van der Waals surface area contributed by atoms with E-state index in [1.54, 1.807) is 17.2 Å². The lowest BCUT2D eigenvalue weighted by molar-refractivity contribution is -0.117. The number of halogens is 1. The van der Waals surface area contributed by atoms with Crippen molar-refractivity contribution in [1.29, 1.82) is 0 Å². The minimum atomic E-state index is -1.08. The molecule has 2 atom stereocenters. The Labute approximate surface area is 247 Å². The lowest BCUT2D eigenvalue weighted by Gasteiger charge is -2.31. The number of amides is 2. The summed E-state index contributed by atoms with van der Waals surface area (Å²) in [5, 5.41) is 3.42. The van der Waals surface area contributed by atoms with Gasteiger partial charge in [0, 0.05) is 36.3 Å². The van der Waals surface area contributed by atoms with Gasteiger partial charge in [0.25, 0.3) is 5.91 Å². The first-order chi connectivity index (χ1) is 19.7. The van der Waals surface area contributed by atoms with E-state index >= 15 is 0 Å². The summed E-state index contributed by atoms with van der Waals surface area (Å²) in [4.78, 5) is 36.3. The van der Waals surface area contributed by atoms with Gasteiger partial charge in [0.15, 0.2) is 0 Å². The molecule has 2 unspecified atom stereocenters. The average Bonchev–Trinajstić information content (AvgIpc) is 3.67. The molecule has 1 saturated heterocycles. The van der Waals surface area contributed by atoms with E-state index in [0.29, 0.717) is 30.1 Å². The van der Waals surface area contributed by atoms with Crippen LogP contribution in [-0.4, -0.2) is 45.9 Å². The molecule has 0 spiro atoms. The van der Waals surface area contributed by atoms with E-state index in [1.165, 1.54) is 6.42 Å². The first-order valence-electron chi connectivity index (χ1n) is 15.3. The predicted octanol–water partition coefficient (Wildman–Crippen LogP) is 8.95. The van der Waals surface area contributed by atoms with Gasteiger partial charge in [-0.1, -0.05) is 85.6 Å². The number of aromatic nitrogens is 2. The molecule has 2 aromatic rings. The zero-order chi connectivity index (χ0) is 31.1. The molecule has 4 rings (SSSR count). The number of pyridine rings is 2. The monoisotopic (exact) mass is 566 g/mol. The maximum atomic E-state index is 13.3. The van der Waals surface area contributed by atoms with Crippen molar-refractivity contribution >= 4 is 34.1 Å². The van der Waals surface area contributed by atoms with Crippen molar-refractivity contribution in [2.45, 2.75) is 101 Å². The molecule has 2 aliphatic rings. The van der Waals surface area contributed by atoms with Crippen molar-refractivity contribution in [2.75, 3.05) is 18.4 Å². The molecule has 226 valence electrons. The number of hydrogen-bond donors (Lipinski definition) is 1. The minimum absolute atomic E-state index is 0.108. The third-order valence-electron chi connectivity index (χ3n) is 6.34. The minimum Gasteiger partial charge on any atom is -0.337 e. The number of hydrogen-bond acceptors (Lipinski definition) is 4. The SMILES string of the molecule is C=C(/C=C(C)\C(=C/C)c1cc2cnc(NC(=O)C3CC3F)cc2nc1C(=O)N1CCC1)CCC.CC.CC.CCC. The Hall–Kier alpha value is -3.35. The highest BCUT2D eigenvalue weighted by Crippen LogP contribution is 2.35. The summed E-state index contributed by atoms with van der Waals surface area (Å²) < 4.78 is 13.2. The Morgan fingerprint density at radius 3 is 2.24 bits per heavy atom. The Kier molecular flexibility index (Phi) is 15.8. The molecule has 0 aromatic carbocycles. The Bertz CT molecular complexity index is 1230. The molecule has 0 radical (unpaired) electrons. The van der Waals surface area contributed by atoms with E-state index in [-0.39, 0.29) is 18.2 Å². The number of nitrogens with one attached hydrogen (secondary N) is 1. The molecule has 3 heterocycles. The van der Waals surface area contributed by atoms with Crippen LogP contribution in [0.2, 0.25) is 0 Å². The zero-order valence-electron chi connectivity index (χ0n) is 26.7. The number of anilines is 1. The van der Waals surface area contributed by atoms with E-state index in [9.17, 15) is 14.0 Å². The summed E-state index contributed by atoms with van der Waals surface area (Å²) in [5.41, 5.74) is 4.66. The van der Waals surface area contributed by atoms with Crippen molar-refractivity contribution in [3.63, 3.8) is 0 Å². The summed E-state index contributed by atoms with van der Waals surface area (Å²) in [6.45, 7) is 23.9. The van der Waals surface area contributed by atoms with Gasteiger partial charge in [0.1, 0.15) is 17.7 Å². The highest BCUT2D eigenvalue weighted by molar-refractivity contribution is 6.03. The normalized spacial score (nSPS) is 17.5. The topological polar surface area (TPSA) is 75.2 Å². The van der Waals surface area contributed by atoms with Crippen molar-refractivity contribution in [1.82, 2.24) is 14.9 Å². The number of carbonyl (C=O) groups is 2. The molecule has 2 fully saturated rings. The maximum absolute atomic E-state index is 13.3. The fourth-order valence-corrected chi connectivity index (χ4v) is 4.20. The Morgan fingerprint density at radius 1 is 1.15 bits per heavy atom. The molecule has 2 aromatic heterocycles. The molecular weight excluding hydrogens is 515 g/mol. The predicted molar refractivity (Wildman–Crippen MR) is 172 cm³/mol. The van der Waals surface area contributed by atoms with Crippen LogP contribution in [0.15, 0.2) is 48.2 Å². The first kappa shape index (κ1) is 35.7. The van der Waals surface area contributed by atoms with Crippen LogP contribution in [0.1, 0.15) is 110 Å². The van der Waals surface area contributed by atoms with E-state index in [4.69, 9.17) is 4.98 Å². The summed E-state index contributed by atoms with van der Waals surface area (Å²) >= 11 is 0. The lowest BCUT2D eigenvalue weighted by atomic mass is 9.93. The van der Waals surface area contributed by atoms with Gasteiger partial charge in [0.05, 0.1) is 11.4 Å². The molecule has 1 aliphatic heterocycles. The van der Waals surface area contributed by atoms with Crippen molar-refractivity contribution in [2.24, 2.45) is 5.92 Å². The zero-order valence-corrected chi connectivity index (χ0v) is 26.7. The molecule has 1 aliphatic carbocycles. The number of likely N-dealkylation sites (tertiary alicyclic amines) is 1.